The molecule has 0 saturated carbocycles. The molecule has 0 unspecified atom stereocenters. The van der Waals surface area contributed by atoms with E-state index in [1.807, 2.05) is 6.07 Å². The number of carbonyl (C=O) groups excluding carboxylic acids is 1. The highest BCUT2D eigenvalue weighted by molar-refractivity contribution is 7.92. The van der Waals surface area contributed by atoms with Crippen molar-refractivity contribution >= 4 is 48.9 Å². The summed E-state index contributed by atoms with van der Waals surface area (Å²) >= 11 is 6.06. The van der Waals surface area contributed by atoms with E-state index in [0.29, 0.717) is 5.56 Å². The van der Waals surface area contributed by atoms with Crippen molar-refractivity contribution < 1.29 is 21.6 Å². The third-order valence-electron chi connectivity index (χ3n) is 5.00. The van der Waals surface area contributed by atoms with Crippen molar-refractivity contribution in [1.29, 1.82) is 0 Å². The topological polar surface area (TPSA) is 113 Å². The highest BCUT2D eigenvalue weighted by Gasteiger charge is 2.23. The van der Waals surface area contributed by atoms with E-state index < -0.39 is 26.0 Å². The number of hydrogen-bond donors (Lipinski definition) is 2. The maximum Gasteiger partial charge on any atom is 0.262 e. The van der Waals surface area contributed by atoms with E-state index in [-0.39, 0.29) is 31.8 Å². The second-order valence-corrected chi connectivity index (χ2v) is 12.0. The quantitative estimate of drug-likeness (QED) is 0.482. The van der Waals surface area contributed by atoms with Crippen LogP contribution in [0.1, 0.15) is 21.5 Å². The van der Waals surface area contributed by atoms with Crippen LogP contribution in [0.25, 0.3) is 0 Å². The molecule has 34 heavy (non-hydrogen) atoms. The highest BCUT2D eigenvalue weighted by atomic mass is 35.5. The summed E-state index contributed by atoms with van der Waals surface area (Å²) in [5.41, 5.74) is 1.67. The van der Waals surface area contributed by atoms with Crippen LogP contribution in [0.2, 0.25) is 5.02 Å². The zero-order valence-corrected chi connectivity index (χ0v) is 21.3. The summed E-state index contributed by atoms with van der Waals surface area (Å²) < 4.78 is 54.6. The van der Waals surface area contributed by atoms with Gasteiger partial charge in [-0.25, -0.2) is 21.1 Å². The van der Waals surface area contributed by atoms with Gasteiger partial charge in [0.2, 0.25) is 10.0 Å². The minimum Gasteiger partial charge on any atom is -0.322 e. The van der Waals surface area contributed by atoms with Gasteiger partial charge >= 0.3 is 0 Å². The van der Waals surface area contributed by atoms with Crippen LogP contribution in [-0.4, -0.2) is 41.1 Å². The summed E-state index contributed by atoms with van der Waals surface area (Å²) in [6, 6.07) is 15.3. The zero-order chi connectivity index (χ0) is 25.3. The first-order valence-electron chi connectivity index (χ1n) is 10.1. The molecule has 0 heterocycles. The van der Waals surface area contributed by atoms with E-state index in [2.05, 4.69) is 10.0 Å². The largest absolute Gasteiger partial charge is 0.322 e. The van der Waals surface area contributed by atoms with Crippen LogP contribution < -0.4 is 10.0 Å². The molecule has 0 aliphatic rings. The molecule has 0 fully saturated rings. The lowest BCUT2D eigenvalue weighted by Gasteiger charge is -2.16. The van der Waals surface area contributed by atoms with Gasteiger partial charge in [0.15, 0.2) is 0 Å². The monoisotopic (exact) mass is 521 g/mol. The fourth-order valence-electron chi connectivity index (χ4n) is 3.14. The molecule has 3 rings (SSSR count). The molecule has 3 aromatic carbocycles. The standard InChI is InChI=1S/C23H24ClN3O5S2/c1-15-9-10-16(2)21(13-15)33(29,30)26-20-8-6-5-7-18(20)23(28)25-17-11-12-19(24)22(14-17)34(31,32)27(3)4/h5-14,26H,1-4H3,(H,25,28). The van der Waals surface area contributed by atoms with E-state index in [9.17, 15) is 21.6 Å². The number of hydrogen-bond acceptors (Lipinski definition) is 5. The molecule has 11 heteroatoms. The van der Waals surface area contributed by atoms with E-state index in [4.69, 9.17) is 11.6 Å². The summed E-state index contributed by atoms with van der Waals surface area (Å²) in [6.45, 7) is 3.48. The van der Waals surface area contributed by atoms with Crippen LogP contribution in [0, 0.1) is 13.8 Å². The van der Waals surface area contributed by atoms with Gasteiger partial charge in [0.05, 0.1) is 21.2 Å². The Balaban J connectivity index is 1.94. The average Bonchev–Trinajstić information content (AvgIpc) is 2.76. The van der Waals surface area contributed by atoms with E-state index in [1.165, 1.54) is 44.4 Å². The summed E-state index contributed by atoms with van der Waals surface area (Å²) in [6.07, 6.45) is 0. The van der Waals surface area contributed by atoms with Crippen molar-refractivity contribution in [2.24, 2.45) is 0 Å². The Kier molecular flexibility index (Phi) is 7.37. The second-order valence-electron chi connectivity index (χ2n) is 7.81. The highest BCUT2D eigenvalue weighted by Crippen LogP contribution is 2.28. The van der Waals surface area contributed by atoms with Crippen molar-refractivity contribution in [3.8, 4) is 0 Å². The van der Waals surface area contributed by atoms with E-state index >= 15 is 0 Å². The SMILES string of the molecule is Cc1ccc(C)c(S(=O)(=O)Nc2ccccc2C(=O)Nc2ccc(Cl)c(S(=O)(=O)N(C)C)c2)c1. The van der Waals surface area contributed by atoms with Gasteiger partial charge in [0.25, 0.3) is 15.9 Å². The molecular formula is C23H24ClN3O5S2. The summed E-state index contributed by atoms with van der Waals surface area (Å²) in [4.78, 5) is 13.0. The summed E-state index contributed by atoms with van der Waals surface area (Å²) in [5, 5.41) is 2.62. The Bertz CT molecular complexity index is 1470. The fourth-order valence-corrected chi connectivity index (χ4v) is 5.94. The molecule has 0 radical (unpaired) electrons. The third kappa shape index (κ3) is 5.41. The minimum atomic E-state index is -3.97. The van der Waals surface area contributed by atoms with Crippen LogP contribution in [0.5, 0.6) is 0 Å². The van der Waals surface area contributed by atoms with Crippen LogP contribution >= 0.6 is 11.6 Å². The van der Waals surface area contributed by atoms with Gasteiger partial charge in [-0.15, -0.1) is 0 Å². The Morgan fingerprint density at radius 1 is 0.882 bits per heavy atom. The van der Waals surface area contributed by atoms with Crippen molar-refractivity contribution in [2.75, 3.05) is 24.1 Å². The minimum absolute atomic E-state index is 0.00776. The van der Waals surface area contributed by atoms with Crippen molar-refractivity contribution in [3.63, 3.8) is 0 Å². The maximum absolute atomic E-state index is 13.0. The molecule has 0 aromatic heterocycles. The Morgan fingerprint density at radius 2 is 1.56 bits per heavy atom. The molecule has 3 aromatic rings. The number of nitrogens with zero attached hydrogens (tertiary/aromatic N) is 1. The molecule has 0 saturated heterocycles. The zero-order valence-electron chi connectivity index (χ0n) is 19.0. The number of rotatable bonds is 7. The van der Waals surface area contributed by atoms with Gasteiger partial charge in [0, 0.05) is 19.8 Å². The predicted molar refractivity (Wildman–Crippen MR) is 133 cm³/mol. The molecule has 0 aliphatic heterocycles. The molecule has 0 atom stereocenters. The fraction of sp³-hybridized carbons (Fsp3) is 0.174. The second kappa shape index (κ2) is 9.75. The first-order valence-corrected chi connectivity index (χ1v) is 13.4. The molecular weight excluding hydrogens is 498 g/mol. The number of halogens is 1. The normalized spacial score (nSPS) is 11.9. The third-order valence-corrected chi connectivity index (χ3v) is 8.80. The number of carbonyl (C=O) groups is 1. The van der Waals surface area contributed by atoms with Crippen LogP contribution in [0.15, 0.2) is 70.5 Å². The molecule has 8 nitrogen and oxygen atoms in total. The van der Waals surface area contributed by atoms with Gasteiger partial charge in [-0.05, 0) is 61.4 Å². The predicted octanol–water partition coefficient (Wildman–Crippen LogP) is 4.26. The molecule has 0 spiro atoms. The number of anilines is 2. The lowest BCUT2D eigenvalue weighted by molar-refractivity contribution is 0.102. The number of benzene rings is 3. The van der Waals surface area contributed by atoms with Crippen molar-refractivity contribution in [1.82, 2.24) is 4.31 Å². The number of sulfonamides is 2. The summed E-state index contributed by atoms with van der Waals surface area (Å²) in [7, 11) is -5.07. The Hall–Kier alpha value is -2.92. The van der Waals surface area contributed by atoms with Gasteiger partial charge in [-0.1, -0.05) is 35.9 Å². The molecule has 180 valence electrons. The van der Waals surface area contributed by atoms with Crippen LogP contribution in [0.4, 0.5) is 11.4 Å². The molecule has 2 N–H and O–H groups in total. The van der Waals surface area contributed by atoms with Crippen molar-refractivity contribution in [3.05, 3.63) is 82.4 Å². The van der Waals surface area contributed by atoms with Gasteiger partial charge in [0.1, 0.15) is 4.90 Å². The smallest absolute Gasteiger partial charge is 0.262 e. The van der Waals surface area contributed by atoms with Gasteiger partial charge in [-0.2, -0.15) is 0 Å². The van der Waals surface area contributed by atoms with Gasteiger partial charge in [-0.3, -0.25) is 9.52 Å². The average molecular weight is 522 g/mol. The lowest BCUT2D eigenvalue weighted by Crippen LogP contribution is -2.23. The van der Waals surface area contributed by atoms with Crippen LogP contribution in [0.3, 0.4) is 0 Å². The Labute approximate surface area is 204 Å². The first-order chi connectivity index (χ1) is 15.8. The number of nitrogens with one attached hydrogen (secondary N) is 2. The maximum atomic E-state index is 13.0. The molecule has 0 bridgehead atoms. The van der Waals surface area contributed by atoms with Crippen molar-refractivity contribution in [2.45, 2.75) is 23.6 Å². The summed E-state index contributed by atoms with van der Waals surface area (Å²) in [5.74, 6) is -0.630. The number of amides is 1. The first kappa shape index (κ1) is 25.7. The van der Waals surface area contributed by atoms with Gasteiger partial charge < -0.3 is 5.32 Å². The number of para-hydroxylation sites is 1. The number of aryl methyl sites for hydroxylation is 2. The van der Waals surface area contributed by atoms with E-state index in [0.717, 1.165) is 9.87 Å². The molecule has 0 aliphatic carbocycles. The van der Waals surface area contributed by atoms with E-state index in [1.54, 1.807) is 38.1 Å². The Morgan fingerprint density at radius 3 is 2.24 bits per heavy atom. The molecule has 1 amide bonds. The van der Waals surface area contributed by atoms with Crippen LogP contribution in [-0.2, 0) is 20.0 Å². The lowest BCUT2D eigenvalue weighted by atomic mass is 10.1.